The van der Waals surface area contributed by atoms with Gasteiger partial charge in [-0.05, 0) is 37.8 Å². The van der Waals surface area contributed by atoms with Gasteiger partial charge in [0.05, 0.1) is 10.8 Å². The zero-order valence-electron chi connectivity index (χ0n) is 16.3. The molecule has 3 rings (SSSR count). The highest BCUT2D eigenvalue weighted by molar-refractivity contribution is 5.93. The summed E-state index contributed by atoms with van der Waals surface area (Å²) in [5, 5.41) is 13.1. The van der Waals surface area contributed by atoms with Gasteiger partial charge in [0.25, 0.3) is 5.91 Å². The number of hydrogen-bond acceptors (Lipinski definition) is 6. The number of benzene rings is 1. The Morgan fingerprint density at radius 3 is 2.57 bits per heavy atom. The molecule has 162 valence electrons. The first kappa shape index (κ1) is 21.5. The molecule has 0 saturated carbocycles. The quantitative estimate of drug-likeness (QED) is 0.441. The number of carbonyl (C=O) groups excluding carboxylic acids is 3. The summed E-state index contributed by atoms with van der Waals surface area (Å²) in [6, 6.07) is 2.86. The number of nitro groups is 1. The predicted octanol–water partition coefficient (Wildman–Crippen LogP) is 2.14. The third kappa shape index (κ3) is 5.22. The normalized spacial score (nSPS) is 18.8. The standard InChI is InChI=1S/C19H23FN4O6/c20-15-6-5-14(10-16(15)24(28)29)21-17(25)12-30-18(26)13-4-3-9-23(11-13)19(27)22-7-1-2-8-22/h5-6,10,13H,1-4,7-9,11-12H2,(H,21,25)/t13-/m1/s1. The van der Waals surface area contributed by atoms with Gasteiger partial charge in [-0.1, -0.05) is 0 Å². The van der Waals surface area contributed by atoms with Gasteiger partial charge in [0.1, 0.15) is 0 Å². The van der Waals surface area contributed by atoms with Crippen LogP contribution >= 0.6 is 0 Å². The van der Waals surface area contributed by atoms with Crippen LogP contribution in [0.15, 0.2) is 18.2 Å². The highest BCUT2D eigenvalue weighted by Gasteiger charge is 2.32. The summed E-state index contributed by atoms with van der Waals surface area (Å²) < 4.78 is 18.4. The van der Waals surface area contributed by atoms with Crippen molar-refractivity contribution in [2.75, 3.05) is 38.1 Å². The van der Waals surface area contributed by atoms with Gasteiger partial charge in [-0.15, -0.1) is 0 Å². The molecule has 0 aliphatic carbocycles. The van der Waals surface area contributed by atoms with Crippen molar-refractivity contribution in [3.05, 3.63) is 34.1 Å². The summed E-state index contributed by atoms with van der Waals surface area (Å²) in [6.07, 6.45) is 3.20. The fourth-order valence-electron chi connectivity index (χ4n) is 3.63. The Morgan fingerprint density at radius 1 is 1.17 bits per heavy atom. The fourth-order valence-corrected chi connectivity index (χ4v) is 3.63. The number of anilines is 1. The second-order valence-corrected chi connectivity index (χ2v) is 7.34. The zero-order chi connectivity index (χ0) is 21.7. The van der Waals surface area contributed by atoms with E-state index in [1.807, 2.05) is 0 Å². The molecule has 2 saturated heterocycles. The maximum Gasteiger partial charge on any atom is 0.320 e. The minimum absolute atomic E-state index is 0.0178. The molecule has 10 nitrogen and oxygen atoms in total. The summed E-state index contributed by atoms with van der Waals surface area (Å²) in [5.41, 5.74) is -0.751. The molecule has 2 heterocycles. The van der Waals surface area contributed by atoms with E-state index >= 15 is 0 Å². The number of nitro benzene ring substituents is 1. The number of piperidine rings is 1. The number of amides is 3. The van der Waals surface area contributed by atoms with Crippen LogP contribution in [0.4, 0.5) is 20.6 Å². The van der Waals surface area contributed by atoms with Crippen LogP contribution in [-0.4, -0.2) is 65.4 Å². The molecular weight excluding hydrogens is 399 g/mol. The van der Waals surface area contributed by atoms with E-state index in [0.29, 0.717) is 19.4 Å². The molecule has 0 bridgehead atoms. The summed E-state index contributed by atoms with van der Waals surface area (Å²) in [5.74, 6) is -2.81. The molecule has 1 atom stereocenters. The maximum atomic E-state index is 13.4. The Morgan fingerprint density at radius 2 is 1.87 bits per heavy atom. The number of halogens is 1. The second-order valence-electron chi connectivity index (χ2n) is 7.34. The van der Waals surface area contributed by atoms with Crippen molar-refractivity contribution < 1.29 is 28.4 Å². The predicted molar refractivity (Wildman–Crippen MR) is 103 cm³/mol. The molecule has 3 amide bonds. The SMILES string of the molecule is O=C(COC(=O)[C@@H]1CCCN(C(=O)N2CCCC2)C1)Nc1ccc(F)c([N+](=O)[O-])c1. The number of rotatable bonds is 5. The molecule has 0 aromatic heterocycles. The molecule has 1 aromatic carbocycles. The molecule has 0 unspecified atom stereocenters. The number of nitrogens with zero attached hydrogens (tertiary/aromatic N) is 3. The molecule has 1 N–H and O–H groups in total. The van der Waals surface area contributed by atoms with Gasteiger partial charge in [0.15, 0.2) is 6.61 Å². The average Bonchev–Trinajstić information content (AvgIpc) is 3.27. The Bertz CT molecular complexity index is 842. The zero-order valence-corrected chi connectivity index (χ0v) is 16.3. The van der Waals surface area contributed by atoms with Crippen LogP contribution in [-0.2, 0) is 14.3 Å². The van der Waals surface area contributed by atoms with Crippen LogP contribution in [0.3, 0.4) is 0 Å². The number of carbonyl (C=O) groups is 3. The van der Waals surface area contributed by atoms with Crippen molar-refractivity contribution >= 4 is 29.3 Å². The number of urea groups is 1. The largest absolute Gasteiger partial charge is 0.455 e. The average molecular weight is 422 g/mol. The van der Waals surface area contributed by atoms with E-state index in [4.69, 9.17) is 4.74 Å². The molecule has 1 aromatic rings. The van der Waals surface area contributed by atoms with Crippen molar-refractivity contribution in [2.24, 2.45) is 5.92 Å². The minimum atomic E-state index is -1.02. The van der Waals surface area contributed by atoms with E-state index in [-0.39, 0.29) is 18.3 Å². The highest BCUT2D eigenvalue weighted by Crippen LogP contribution is 2.22. The second kappa shape index (κ2) is 9.51. The van der Waals surface area contributed by atoms with E-state index < -0.39 is 40.8 Å². The van der Waals surface area contributed by atoms with Gasteiger partial charge in [-0.25, -0.2) is 4.79 Å². The fraction of sp³-hybridized carbons (Fsp3) is 0.526. The summed E-state index contributed by atoms with van der Waals surface area (Å²) in [6.45, 7) is 1.71. The molecule has 2 aliphatic rings. The molecule has 2 fully saturated rings. The number of hydrogen-bond donors (Lipinski definition) is 1. The number of ether oxygens (including phenoxy) is 1. The Kier molecular flexibility index (Phi) is 6.80. The molecule has 11 heteroatoms. The maximum absolute atomic E-state index is 13.4. The van der Waals surface area contributed by atoms with Gasteiger partial charge in [0, 0.05) is 37.9 Å². The van der Waals surface area contributed by atoms with Gasteiger partial charge < -0.3 is 19.9 Å². The van der Waals surface area contributed by atoms with Gasteiger partial charge >= 0.3 is 17.7 Å². The number of likely N-dealkylation sites (tertiary alicyclic amines) is 2. The van der Waals surface area contributed by atoms with Crippen molar-refractivity contribution in [1.82, 2.24) is 9.80 Å². The van der Waals surface area contributed by atoms with E-state index in [2.05, 4.69) is 5.32 Å². The third-order valence-electron chi connectivity index (χ3n) is 5.17. The van der Waals surface area contributed by atoms with Crippen LogP contribution in [0.5, 0.6) is 0 Å². The smallest absolute Gasteiger partial charge is 0.320 e. The Balaban J connectivity index is 1.48. The van der Waals surface area contributed by atoms with E-state index in [0.717, 1.165) is 38.1 Å². The van der Waals surface area contributed by atoms with E-state index in [1.165, 1.54) is 6.07 Å². The first-order valence-electron chi connectivity index (χ1n) is 9.79. The lowest BCUT2D eigenvalue weighted by Crippen LogP contribution is -2.48. The van der Waals surface area contributed by atoms with Crippen LogP contribution in [0.2, 0.25) is 0 Å². The molecular formula is C19H23FN4O6. The van der Waals surface area contributed by atoms with E-state index in [1.54, 1.807) is 9.80 Å². The lowest BCUT2D eigenvalue weighted by atomic mass is 9.98. The molecule has 0 radical (unpaired) electrons. The van der Waals surface area contributed by atoms with Crippen LogP contribution in [0.1, 0.15) is 25.7 Å². The van der Waals surface area contributed by atoms with Crippen molar-refractivity contribution in [2.45, 2.75) is 25.7 Å². The Hall–Kier alpha value is -3.24. The van der Waals surface area contributed by atoms with Gasteiger partial charge in [-0.2, -0.15) is 4.39 Å². The lowest BCUT2D eigenvalue weighted by Gasteiger charge is -2.34. The first-order chi connectivity index (χ1) is 14.3. The topological polar surface area (TPSA) is 122 Å². The van der Waals surface area contributed by atoms with Crippen molar-refractivity contribution in [3.8, 4) is 0 Å². The summed E-state index contributed by atoms with van der Waals surface area (Å²) >= 11 is 0. The molecule has 2 aliphatic heterocycles. The van der Waals surface area contributed by atoms with Gasteiger partial charge in [0.2, 0.25) is 5.82 Å². The van der Waals surface area contributed by atoms with Gasteiger partial charge in [-0.3, -0.25) is 19.7 Å². The van der Waals surface area contributed by atoms with Crippen molar-refractivity contribution in [3.63, 3.8) is 0 Å². The minimum Gasteiger partial charge on any atom is -0.455 e. The number of esters is 1. The lowest BCUT2D eigenvalue weighted by molar-refractivity contribution is -0.387. The highest BCUT2D eigenvalue weighted by atomic mass is 19.1. The van der Waals surface area contributed by atoms with E-state index in [9.17, 15) is 28.9 Å². The van der Waals surface area contributed by atoms with Crippen molar-refractivity contribution in [1.29, 1.82) is 0 Å². The first-order valence-corrected chi connectivity index (χ1v) is 9.79. The van der Waals surface area contributed by atoms with Crippen LogP contribution < -0.4 is 5.32 Å². The third-order valence-corrected chi connectivity index (χ3v) is 5.17. The monoisotopic (exact) mass is 422 g/mol. The Labute approximate surface area is 172 Å². The molecule has 30 heavy (non-hydrogen) atoms. The summed E-state index contributed by atoms with van der Waals surface area (Å²) in [4.78, 5) is 50.1. The summed E-state index contributed by atoms with van der Waals surface area (Å²) in [7, 11) is 0. The van der Waals surface area contributed by atoms with Crippen LogP contribution in [0.25, 0.3) is 0 Å². The molecule has 0 spiro atoms. The van der Waals surface area contributed by atoms with Crippen LogP contribution in [0, 0.1) is 21.8 Å². The number of nitrogens with one attached hydrogen (secondary N) is 1.